The minimum Gasteiger partial charge on any atom is -0.395 e. The molecule has 0 saturated carbocycles. The standard InChI is InChI=1S/C43H40N10O5S2/c1-49-40(30-48)42(32-14-18-39(19-15-32)51-60(3,57)58)36(27-45)9-5-7-34-11-10-33(43(34)53-22-20-52(21-23-53)24-25-54)6-4-8-35(26-44)41(37(28-46)29-47)31-12-16-38(17-13-31)50-59(2,55)56/h4-9,12-19,37,50-51,54H,10-11,20-25H2,2-3H3/b7-5+,8-4+,33-6+,36-9+,41-35-,42-40+. The van der Waals surface area contributed by atoms with Crippen LogP contribution in [-0.2, 0) is 20.0 Å². The maximum absolute atomic E-state index is 11.7. The number of sulfonamides is 2. The highest BCUT2D eigenvalue weighted by molar-refractivity contribution is 7.92. The number of anilines is 2. The van der Waals surface area contributed by atoms with Crippen LogP contribution in [0.1, 0.15) is 24.0 Å². The average molecular weight is 841 g/mol. The molecule has 2 aromatic rings. The Balaban J connectivity index is 1.77. The molecule has 304 valence electrons. The van der Waals surface area contributed by atoms with Crippen molar-refractivity contribution in [2.75, 3.05) is 61.3 Å². The van der Waals surface area contributed by atoms with Crippen molar-refractivity contribution >= 4 is 42.6 Å². The second kappa shape index (κ2) is 21.0. The summed E-state index contributed by atoms with van der Waals surface area (Å²) in [6.45, 7) is 10.9. The Morgan fingerprint density at radius 2 is 1.42 bits per heavy atom. The number of β-amino-alcohol motifs (C(OH)–C–C–N with tert-alkyl or cyclic N) is 1. The quantitative estimate of drug-likeness (QED) is 0.116. The van der Waals surface area contributed by atoms with E-state index < -0.39 is 26.0 Å². The molecule has 2 aliphatic rings. The molecule has 4 rings (SSSR count). The van der Waals surface area contributed by atoms with Gasteiger partial charge in [-0.15, -0.1) is 0 Å². The number of piperazine rings is 1. The third-order valence-electron chi connectivity index (χ3n) is 9.28. The van der Waals surface area contributed by atoms with Crippen LogP contribution in [0.5, 0.6) is 0 Å². The summed E-state index contributed by atoms with van der Waals surface area (Å²) in [4.78, 5) is 7.74. The summed E-state index contributed by atoms with van der Waals surface area (Å²) < 4.78 is 51.5. The lowest BCUT2D eigenvalue weighted by Gasteiger charge is -2.37. The molecule has 15 nitrogen and oxygen atoms in total. The summed E-state index contributed by atoms with van der Waals surface area (Å²) in [6.07, 6.45) is 13.4. The number of aliphatic hydroxyl groups excluding tert-OH is 1. The van der Waals surface area contributed by atoms with E-state index in [9.17, 15) is 48.3 Å². The number of hydrogen-bond acceptors (Lipinski definition) is 12. The predicted octanol–water partition coefficient (Wildman–Crippen LogP) is 5.37. The number of benzene rings is 2. The van der Waals surface area contributed by atoms with Crippen molar-refractivity contribution in [2.45, 2.75) is 12.8 Å². The van der Waals surface area contributed by atoms with Gasteiger partial charge < -0.3 is 10.0 Å². The SMILES string of the molecule is [C-]#[N+]/C(C#N)=C(/C(C#N)=C/C=C/C1=C(N2CCN(CCO)CC2)C(=C/C=C/C(C#N)=C(\c2ccc(NS(C)(=O)=O)cc2)C(C#N)C#N)/CC1)c1ccc(NS(C)(=O)=O)cc1. The van der Waals surface area contributed by atoms with Crippen LogP contribution in [0.15, 0.2) is 119 Å². The van der Waals surface area contributed by atoms with Gasteiger partial charge in [0.2, 0.25) is 20.0 Å². The third-order valence-corrected chi connectivity index (χ3v) is 10.5. The summed E-state index contributed by atoms with van der Waals surface area (Å²) in [5, 5.41) is 59.4. The molecule has 1 aliphatic heterocycles. The molecule has 17 heteroatoms. The van der Waals surface area contributed by atoms with Crippen molar-refractivity contribution in [3.8, 4) is 30.3 Å². The number of nitriles is 5. The number of nitrogens with zero attached hydrogens (tertiary/aromatic N) is 8. The van der Waals surface area contributed by atoms with Crippen molar-refractivity contribution in [1.29, 1.82) is 26.3 Å². The van der Waals surface area contributed by atoms with Crippen molar-refractivity contribution in [1.82, 2.24) is 9.80 Å². The molecular weight excluding hydrogens is 801 g/mol. The molecule has 1 heterocycles. The zero-order chi connectivity index (χ0) is 43.9. The number of rotatable bonds is 15. The molecule has 0 atom stereocenters. The molecule has 2 aromatic carbocycles. The summed E-state index contributed by atoms with van der Waals surface area (Å²) in [7, 11) is -7.10. The van der Waals surface area contributed by atoms with Gasteiger partial charge >= 0.3 is 0 Å². The molecule has 0 amide bonds. The van der Waals surface area contributed by atoms with Gasteiger partial charge in [-0.3, -0.25) is 14.3 Å². The van der Waals surface area contributed by atoms with Gasteiger partial charge in [-0.05, 0) is 71.5 Å². The molecule has 1 saturated heterocycles. The molecule has 3 N–H and O–H groups in total. The topological polar surface area (TPSA) is 242 Å². The maximum atomic E-state index is 11.7. The summed E-state index contributed by atoms with van der Waals surface area (Å²) in [5.74, 6) is -1.29. The number of hydrogen-bond donors (Lipinski definition) is 3. The van der Waals surface area contributed by atoms with E-state index in [1.807, 2.05) is 30.4 Å². The van der Waals surface area contributed by atoms with Crippen LogP contribution in [0.2, 0.25) is 0 Å². The largest absolute Gasteiger partial charge is 0.395 e. The van der Waals surface area contributed by atoms with E-state index in [0.29, 0.717) is 56.7 Å². The Hall–Kier alpha value is -7.22. The molecule has 0 unspecified atom stereocenters. The molecule has 60 heavy (non-hydrogen) atoms. The van der Waals surface area contributed by atoms with Gasteiger partial charge in [0.05, 0.1) is 67.2 Å². The van der Waals surface area contributed by atoms with Gasteiger partial charge in [-0.1, -0.05) is 48.6 Å². The lowest BCUT2D eigenvalue weighted by atomic mass is 9.90. The van der Waals surface area contributed by atoms with E-state index >= 15 is 0 Å². The van der Waals surface area contributed by atoms with E-state index in [1.165, 1.54) is 60.7 Å². The second-order valence-corrected chi connectivity index (χ2v) is 17.0. The van der Waals surface area contributed by atoms with Crippen LogP contribution >= 0.6 is 0 Å². The fraction of sp³-hybridized carbons (Fsp3) is 0.256. The highest BCUT2D eigenvalue weighted by atomic mass is 32.2. The summed E-state index contributed by atoms with van der Waals surface area (Å²) in [5.41, 5.74) is 4.20. The van der Waals surface area contributed by atoms with E-state index in [0.717, 1.165) is 29.4 Å². The van der Waals surface area contributed by atoms with E-state index in [1.54, 1.807) is 12.2 Å². The number of aliphatic hydroxyl groups is 1. The lowest BCUT2D eigenvalue weighted by Crippen LogP contribution is -2.46. The minimum atomic E-state index is -3.55. The first-order valence-corrected chi connectivity index (χ1v) is 22.1. The van der Waals surface area contributed by atoms with Crippen molar-refractivity contribution < 1.29 is 21.9 Å². The summed E-state index contributed by atoms with van der Waals surface area (Å²) >= 11 is 0. The first kappa shape index (κ1) is 45.5. The fourth-order valence-electron chi connectivity index (χ4n) is 6.71. The van der Waals surface area contributed by atoms with Gasteiger partial charge in [0.1, 0.15) is 0 Å². The van der Waals surface area contributed by atoms with Crippen LogP contribution in [0.4, 0.5) is 11.4 Å². The Kier molecular flexibility index (Phi) is 15.9. The maximum Gasteiger partial charge on any atom is 0.270 e. The molecule has 0 spiro atoms. The molecule has 0 radical (unpaired) electrons. The second-order valence-electron chi connectivity index (χ2n) is 13.5. The monoisotopic (exact) mass is 840 g/mol. The zero-order valence-corrected chi connectivity index (χ0v) is 34.4. The van der Waals surface area contributed by atoms with Crippen LogP contribution in [0.3, 0.4) is 0 Å². The highest BCUT2D eigenvalue weighted by Crippen LogP contribution is 2.36. The van der Waals surface area contributed by atoms with E-state index in [2.05, 4.69) is 36.2 Å². The molecule has 1 fully saturated rings. The summed E-state index contributed by atoms with van der Waals surface area (Å²) in [6, 6.07) is 21.9. The van der Waals surface area contributed by atoms with Gasteiger partial charge in [-0.25, -0.2) is 26.9 Å². The minimum absolute atomic E-state index is 0.0379. The van der Waals surface area contributed by atoms with Crippen LogP contribution < -0.4 is 9.44 Å². The predicted molar refractivity (Wildman–Crippen MR) is 228 cm³/mol. The van der Waals surface area contributed by atoms with Crippen molar-refractivity contribution in [2.24, 2.45) is 5.92 Å². The Labute approximate surface area is 350 Å². The van der Waals surface area contributed by atoms with Crippen molar-refractivity contribution in [3.63, 3.8) is 0 Å². The molecule has 1 aliphatic carbocycles. The smallest absolute Gasteiger partial charge is 0.270 e. The normalized spacial score (nSPS) is 16.7. The lowest BCUT2D eigenvalue weighted by molar-refractivity contribution is 0.133. The molecule has 0 bridgehead atoms. The Morgan fingerprint density at radius 3 is 1.90 bits per heavy atom. The van der Waals surface area contributed by atoms with Crippen LogP contribution in [0, 0.1) is 69.1 Å². The molecule has 0 aromatic heterocycles. The zero-order valence-electron chi connectivity index (χ0n) is 32.8. The van der Waals surface area contributed by atoms with Gasteiger partial charge in [0, 0.05) is 60.9 Å². The third kappa shape index (κ3) is 12.4. The highest BCUT2D eigenvalue weighted by Gasteiger charge is 2.27. The van der Waals surface area contributed by atoms with E-state index in [4.69, 9.17) is 6.57 Å². The van der Waals surface area contributed by atoms with E-state index in [-0.39, 0.29) is 46.0 Å². The Bertz CT molecular complexity index is 2650. The first-order valence-electron chi connectivity index (χ1n) is 18.3. The van der Waals surface area contributed by atoms with Gasteiger partial charge in [0.15, 0.2) is 5.92 Å². The fourth-order valence-corrected chi connectivity index (χ4v) is 7.84. The van der Waals surface area contributed by atoms with Gasteiger partial charge in [0.25, 0.3) is 5.70 Å². The first-order chi connectivity index (χ1) is 28.7. The van der Waals surface area contributed by atoms with Gasteiger partial charge in [-0.2, -0.15) is 21.0 Å². The number of allylic oxidation sites excluding steroid dienone is 13. The van der Waals surface area contributed by atoms with Crippen LogP contribution in [-0.4, -0.2) is 83.6 Å². The Morgan fingerprint density at radius 1 is 0.833 bits per heavy atom. The van der Waals surface area contributed by atoms with Crippen molar-refractivity contribution in [3.05, 3.63) is 141 Å². The number of nitrogens with one attached hydrogen (secondary N) is 2. The molecular formula is C43H40N10O5S2. The average Bonchev–Trinajstić information content (AvgIpc) is 3.62. The van der Waals surface area contributed by atoms with Crippen LogP contribution in [0.25, 0.3) is 16.0 Å².